The summed E-state index contributed by atoms with van der Waals surface area (Å²) in [5.74, 6) is -0.446. The Hall–Kier alpha value is -4.16. The van der Waals surface area contributed by atoms with Crippen molar-refractivity contribution < 1.29 is 32.5 Å². The van der Waals surface area contributed by atoms with E-state index in [0.717, 1.165) is 30.9 Å². The van der Waals surface area contributed by atoms with E-state index >= 15 is 4.39 Å². The molecule has 2 unspecified atom stereocenters. The first-order valence-electron chi connectivity index (χ1n) is 14.3. The van der Waals surface area contributed by atoms with Crippen LogP contribution in [0, 0.1) is 5.92 Å². The number of ether oxygens (including phenoxy) is 3. The fraction of sp³-hybridized carbons (Fsp3) is 0.333. The van der Waals surface area contributed by atoms with Crippen molar-refractivity contribution in [2.45, 2.75) is 44.2 Å². The highest BCUT2D eigenvalue weighted by Crippen LogP contribution is 2.45. The zero-order chi connectivity index (χ0) is 30.5. The van der Waals surface area contributed by atoms with Gasteiger partial charge in [0.1, 0.15) is 23.6 Å². The van der Waals surface area contributed by atoms with Crippen LogP contribution < -0.4 is 15.3 Å². The number of aromatic nitrogens is 4. The molecule has 1 fully saturated rings. The third-order valence-corrected chi connectivity index (χ3v) is 9.14. The van der Waals surface area contributed by atoms with E-state index in [0.29, 0.717) is 23.8 Å². The monoisotopic (exact) mass is 622 g/mol. The molecule has 0 amide bonds. The largest absolute Gasteiger partial charge is 0.464 e. The first-order valence-corrected chi connectivity index (χ1v) is 16.1. The Morgan fingerprint density at radius 3 is 2.59 bits per heavy atom. The minimum Gasteiger partial charge on any atom is -0.464 e. The number of nitrogens with one attached hydrogen (secondary N) is 1. The average Bonchev–Trinajstić information content (AvgIpc) is 3.59. The minimum atomic E-state index is -3.99. The van der Waals surface area contributed by atoms with Gasteiger partial charge >= 0.3 is 13.5 Å². The number of carbonyl (C=O) groups excluding carboxylic acids is 1. The minimum absolute atomic E-state index is 0.144. The second-order valence-corrected chi connectivity index (χ2v) is 12.7. The van der Waals surface area contributed by atoms with Crippen molar-refractivity contribution in [3.63, 3.8) is 0 Å². The number of fused-ring (bicyclic) bond motifs is 1. The summed E-state index contributed by atoms with van der Waals surface area (Å²) in [5.41, 5.74) is 7.26. The summed E-state index contributed by atoms with van der Waals surface area (Å²) >= 11 is 0. The van der Waals surface area contributed by atoms with Crippen LogP contribution in [0.1, 0.15) is 31.1 Å². The number of nitrogens with two attached hydrogens (primary N) is 1. The van der Waals surface area contributed by atoms with Gasteiger partial charge in [-0.1, -0.05) is 55.0 Å². The van der Waals surface area contributed by atoms with Crippen LogP contribution in [0.4, 0.5) is 10.2 Å². The number of nitrogen functional groups attached to an aromatic ring is 1. The lowest BCUT2D eigenvalue weighted by atomic mass is 9.86. The topological polar surface area (TPSA) is 153 Å². The van der Waals surface area contributed by atoms with E-state index in [2.05, 4.69) is 20.0 Å². The van der Waals surface area contributed by atoms with E-state index in [1.165, 1.54) is 17.2 Å². The number of para-hydroxylation sites is 1. The molecule has 12 nitrogen and oxygen atoms in total. The highest BCUT2D eigenvalue weighted by molar-refractivity contribution is 7.57. The van der Waals surface area contributed by atoms with E-state index in [1.54, 1.807) is 30.3 Å². The first-order chi connectivity index (χ1) is 21.4. The number of hydrogen-bond acceptors (Lipinski definition) is 10. The van der Waals surface area contributed by atoms with Crippen LogP contribution in [0.25, 0.3) is 11.2 Å². The normalized spacial score (nSPS) is 20.4. The van der Waals surface area contributed by atoms with Gasteiger partial charge in [0.15, 0.2) is 36.2 Å². The predicted molar refractivity (Wildman–Crippen MR) is 159 cm³/mol. The highest BCUT2D eigenvalue weighted by Gasteiger charge is 2.37. The molecule has 4 aromatic rings. The Balaban J connectivity index is 1.19. The Morgan fingerprint density at radius 1 is 1.11 bits per heavy atom. The van der Waals surface area contributed by atoms with Crippen molar-refractivity contribution in [1.29, 1.82) is 0 Å². The zero-order valence-corrected chi connectivity index (χ0v) is 24.6. The number of benzene rings is 2. The van der Waals surface area contributed by atoms with Gasteiger partial charge in [-0.05, 0) is 42.9 Å². The molecule has 6 rings (SSSR count). The lowest BCUT2D eigenvalue weighted by molar-refractivity contribution is -0.148. The van der Waals surface area contributed by atoms with E-state index in [9.17, 15) is 9.36 Å². The second kappa shape index (κ2) is 13.2. The fourth-order valence-electron chi connectivity index (χ4n) is 4.91. The average molecular weight is 623 g/mol. The molecule has 2 aromatic heterocycles. The van der Waals surface area contributed by atoms with Crippen molar-refractivity contribution >= 4 is 30.5 Å². The van der Waals surface area contributed by atoms with Gasteiger partial charge in [0.2, 0.25) is 0 Å². The molecule has 0 radical (unpaired) electrons. The standard InChI is InChI=1S/C30H32FN6O6P/c31-23-15-25(42-29(23)37-18-35-26-27(32)33-17-34-28(26)37)41-19-44(39,43-22-12-5-2-6-13-22)36-24(14-20-8-3-1-4-9-20)30(38)40-16-21-10-7-11-21/h1-6,8-9,12-13,15,17-18,21,24-25,29H,7,10-11,14,16,19H2,(H,36,39)(H2,32,33,34)/t24?,25-,29+,44?/m0/s1. The number of hydrogen-bond donors (Lipinski definition) is 2. The molecule has 3 N–H and O–H groups in total. The molecule has 44 heavy (non-hydrogen) atoms. The number of nitrogens with zero attached hydrogens (tertiary/aromatic N) is 4. The van der Waals surface area contributed by atoms with E-state index in [1.807, 2.05) is 30.3 Å². The summed E-state index contributed by atoms with van der Waals surface area (Å²) in [5, 5.41) is 2.91. The molecule has 230 valence electrons. The quantitative estimate of drug-likeness (QED) is 0.155. The number of halogens is 1. The predicted octanol–water partition coefficient (Wildman–Crippen LogP) is 4.91. The maximum atomic E-state index is 15.1. The lowest BCUT2D eigenvalue weighted by Gasteiger charge is -2.28. The van der Waals surface area contributed by atoms with Crippen molar-refractivity contribution in [2.75, 3.05) is 18.7 Å². The molecule has 0 saturated heterocycles. The highest BCUT2D eigenvalue weighted by atomic mass is 31.2. The van der Waals surface area contributed by atoms with Gasteiger partial charge < -0.3 is 24.5 Å². The Morgan fingerprint density at radius 2 is 1.86 bits per heavy atom. The van der Waals surface area contributed by atoms with Gasteiger partial charge in [-0.2, -0.15) is 0 Å². The molecule has 4 atom stereocenters. The molecule has 1 aliphatic heterocycles. The third kappa shape index (κ3) is 6.97. The molecule has 0 bridgehead atoms. The Bertz CT molecular complexity index is 1670. The third-order valence-electron chi connectivity index (χ3n) is 7.44. The van der Waals surface area contributed by atoms with E-state index in [4.69, 9.17) is 24.5 Å². The van der Waals surface area contributed by atoms with Crippen LogP contribution in [0.5, 0.6) is 5.75 Å². The smallest absolute Gasteiger partial charge is 0.342 e. The Labute approximate surface area is 252 Å². The molecule has 2 aromatic carbocycles. The molecule has 14 heteroatoms. The number of esters is 1. The summed E-state index contributed by atoms with van der Waals surface area (Å²) in [6, 6.07) is 16.8. The first kappa shape index (κ1) is 29.9. The zero-order valence-electron chi connectivity index (χ0n) is 23.7. The molecular weight excluding hydrogens is 590 g/mol. The van der Waals surface area contributed by atoms with Gasteiger partial charge in [-0.25, -0.2) is 24.4 Å². The summed E-state index contributed by atoms with van der Waals surface area (Å²) < 4.78 is 54.0. The maximum absolute atomic E-state index is 15.1. The van der Waals surface area contributed by atoms with Crippen molar-refractivity contribution in [3.8, 4) is 5.75 Å². The summed E-state index contributed by atoms with van der Waals surface area (Å²) in [7, 11) is -3.99. The molecule has 0 spiro atoms. The molecule has 1 saturated carbocycles. The van der Waals surface area contributed by atoms with Crippen molar-refractivity contribution in [3.05, 3.63) is 90.8 Å². The lowest BCUT2D eigenvalue weighted by Crippen LogP contribution is -2.40. The van der Waals surface area contributed by atoms with E-state index in [-0.39, 0.29) is 17.9 Å². The second-order valence-electron chi connectivity index (χ2n) is 10.7. The molecule has 1 aliphatic carbocycles. The van der Waals surface area contributed by atoms with Crippen LogP contribution in [0.2, 0.25) is 0 Å². The number of rotatable bonds is 13. The Kier molecular flexibility index (Phi) is 8.99. The number of carbonyl (C=O) groups is 1. The van der Waals surface area contributed by atoms with Gasteiger partial charge in [0, 0.05) is 6.08 Å². The maximum Gasteiger partial charge on any atom is 0.342 e. The summed E-state index contributed by atoms with van der Waals surface area (Å²) in [6.07, 6.45) is 4.00. The van der Waals surface area contributed by atoms with Gasteiger partial charge in [-0.15, -0.1) is 0 Å². The molecular formula is C30H32FN6O6P. The van der Waals surface area contributed by atoms with E-state index < -0.39 is 44.2 Å². The fourth-order valence-corrected chi connectivity index (χ4v) is 6.57. The van der Waals surface area contributed by atoms with Gasteiger partial charge in [-0.3, -0.25) is 13.9 Å². The summed E-state index contributed by atoms with van der Waals surface area (Å²) in [4.78, 5) is 25.5. The SMILES string of the molecule is Nc1ncnc2c1ncn2[C@@H]1O[C@H](OCP(=O)(NC(Cc2ccccc2)C(=O)OCC2CCC2)Oc2ccccc2)C=C1F. The molecule has 2 aliphatic rings. The van der Waals surface area contributed by atoms with Crippen LogP contribution >= 0.6 is 7.52 Å². The molecule has 3 heterocycles. The van der Waals surface area contributed by atoms with Crippen LogP contribution in [0.15, 0.2) is 85.2 Å². The summed E-state index contributed by atoms with van der Waals surface area (Å²) in [6.45, 7) is 0.299. The number of anilines is 1. The van der Waals surface area contributed by atoms with Crippen LogP contribution in [-0.4, -0.2) is 50.8 Å². The number of imidazole rings is 1. The van der Waals surface area contributed by atoms with Crippen molar-refractivity contribution in [1.82, 2.24) is 24.6 Å². The van der Waals surface area contributed by atoms with Gasteiger partial charge in [0.25, 0.3) is 0 Å². The van der Waals surface area contributed by atoms with Gasteiger partial charge in [0.05, 0.1) is 12.9 Å². The van der Waals surface area contributed by atoms with Crippen LogP contribution in [0.3, 0.4) is 0 Å². The van der Waals surface area contributed by atoms with Crippen molar-refractivity contribution in [2.24, 2.45) is 5.92 Å². The van der Waals surface area contributed by atoms with Crippen LogP contribution in [-0.2, 0) is 30.0 Å².